The Morgan fingerprint density at radius 3 is 2.70 bits per heavy atom. The summed E-state index contributed by atoms with van der Waals surface area (Å²) in [6, 6.07) is 11.6. The van der Waals surface area contributed by atoms with Crippen molar-refractivity contribution < 1.29 is 33.2 Å². The summed E-state index contributed by atoms with van der Waals surface area (Å²) in [7, 11) is -4.25. The predicted octanol–water partition coefficient (Wildman–Crippen LogP) is 5.33. The molecule has 1 aliphatic heterocycles. The number of pyridine rings is 2. The van der Waals surface area contributed by atoms with Crippen LogP contribution in [0.4, 0.5) is 4.39 Å². The Morgan fingerprint density at radius 1 is 1.15 bits per heavy atom. The molecule has 1 fully saturated rings. The third kappa shape index (κ3) is 7.98. The van der Waals surface area contributed by atoms with E-state index in [-0.39, 0.29) is 36.5 Å². The molecule has 0 saturated carbocycles. The van der Waals surface area contributed by atoms with Crippen molar-refractivity contribution in [3.05, 3.63) is 65.6 Å². The van der Waals surface area contributed by atoms with Gasteiger partial charge in [-0.05, 0) is 68.5 Å². The second-order valence-corrected chi connectivity index (χ2v) is 11.7. The Kier molecular flexibility index (Phi) is 9.70. The normalized spacial score (nSPS) is 15.6. The van der Waals surface area contributed by atoms with Crippen molar-refractivity contribution in [2.75, 3.05) is 19.8 Å². The number of sulfonamides is 1. The number of carbonyl (C=O) groups is 1. The van der Waals surface area contributed by atoms with Crippen LogP contribution < -0.4 is 14.2 Å². The third-order valence-corrected chi connectivity index (χ3v) is 7.41. The summed E-state index contributed by atoms with van der Waals surface area (Å²) in [5, 5.41) is -0.281. The number of rotatable bonds is 11. The molecule has 0 bridgehead atoms. The standard InChI is InChI=1S/C29H34FN3O6S.H2/c1-19(2)18-39-24-16-21(15-22(30)17-24)26-11-10-25(29(32-26)38-14-12-23-8-4-5-13-37-23)28(34)33-40(35,36)27-9-6-7-20(3)31-27;/h6-7,9-11,15-17,19,23H,4-5,8,12-14,18H2,1-3H3,(H,33,34);1H. The molecule has 1 unspecified atom stereocenters. The highest BCUT2D eigenvalue weighted by Crippen LogP contribution is 2.28. The van der Waals surface area contributed by atoms with Crippen LogP contribution in [-0.4, -0.2) is 50.2 Å². The average Bonchev–Trinajstić information content (AvgIpc) is 2.92. The first-order chi connectivity index (χ1) is 19.1. The summed E-state index contributed by atoms with van der Waals surface area (Å²) < 4.78 is 59.5. The van der Waals surface area contributed by atoms with Gasteiger partial charge in [-0.15, -0.1) is 0 Å². The van der Waals surface area contributed by atoms with E-state index in [1.165, 1.54) is 36.4 Å². The molecule has 0 radical (unpaired) electrons. The van der Waals surface area contributed by atoms with Crippen LogP contribution in [0.15, 0.2) is 53.6 Å². The van der Waals surface area contributed by atoms with E-state index in [1.54, 1.807) is 19.1 Å². The Morgan fingerprint density at radius 2 is 1.98 bits per heavy atom. The topological polar surface area (TPSA) is 117 Å². The number of halogens is 1. The average molecular weight is 574 g/mol. The van der Waals surface area contributed by atoms with Gasteiger partial charge in [0.15, 0.2) is 5.03 Å². The van der Waals surface area contributed by atoms with E-state index in [0.717, 1.165) is 19.3 Å². The van der Waals surface area contributed by atoms with E-state index in [4.69, 9.17) is 14.2 Å². The van der Waals surface area contributed by atoms with Crippen LogP contribution in [0, 0.1) is 18.7 Å². The van der Waals surface area contributed by atoms with Crippen LogP contribution >= 0.6 is 0 Å². The molecule has 1 aromatic carbocycles. The lowest BCUT2D eigenvalue weighted by Gasteiger charge is -2.22. The fourth-order valence-corrected chi connectivity index (χ4v) is 5.14. The Labute approximate surface area is 235 Å². The lowest BCUT2D eigenvalue weighted by Crippen LogP contribution is -2.32. The van der Waals surface area contributed by atoms with Gasteiger partial charge in [0.25, 0.3) is 15.9 Å². The van der Waals surface area contributed by atoms with Crippen molar-refractivity contribution in [2.45, 2.75) is 57.6 Å². The molecule has 1 aliphatic rings. The van der Waals surface area contributed by atoms with Crippen molar-refractivity contribution in [3.63, 3.8) is 0 Å². The molecular weight excluding hydrogens is 537 g/mol. The number of ether oxygens (including phenoxy) is 3. The summed E-state index contributed by atoms with van der Waals surface area (Å²) in [5.74, 6) is -0.907. The van der Waals surface area contributed by atoms with Crippen LogP contribution in [0.3, 0.4) is 0 Å². The lowest BCUT2D eigenvalue weighted by atomic mass is 10.1. The van der Waals surface area contributed by atoms with Crippen LogP contribution in [-0.2, 0) is 14.8 Å². The molecule has 1 amide bonds. The highest BCUT2D eigenvalue weighted by Gasteiger charge is 2.24. The lowest BCUT2D eigenvalue weighted by molar-refractivity contribution is 0.00374. The van der Waals surface area contributed by atoms with Gasteiger partial charge < -0.3 is 14.2 Å². The van der Waals surface area contributed by atoms with Gasteiger partial charge in [-0.2, -0.15) is 8.42 Å². The molecule has 1 N–H and O–H groups in total. The summed E-state index contributed by atoms with van der Waals surface area (Å²) >= 11 is 0. The molecule has 0 aliphatic carbocycles. The molecule has 3 aromatic rings. The quantitative estimate of drug-likeness (QED) is 0.327. The highest BCUT2D eigenvalue weighted by molar-refractivity contribution is 7.90. The molecule has 0 spiro atoms. The van der Waals surface area contributed by atoms with Gasteiger partial charge in [-0.25, -0.2) is 19.1 Å². The molecule has 1 saturated heterocycles. The van der Waals surface area contributed by atoms with E-state index < -0.39 is 21.7 Å². The van der Waals surface area contributed by atoms with E-state index >= 15 is 0 Å². The summed E-state index contributed by atoms with van der Waals surface area (Å²) in [5.41, 5.74) is 1.15. The molecule has 11 heteroatoms. The maximum Gasteiger partial charge on any atom is 0.281 e. The number of hydrogen-bond donors (Lipinski definition) is 1. The highest BCUT2D eigenvalue weighted by atomic mass is 32.2. The first kappa shape index (κ1) is 29.4. The number of carbonyl (C=O) groups excluding carboxylic acids is 1. The van der Waals surface area contributed by atoms with Gasteiger partial charge in [0.1, 0.15) is 17.1 Å². The van der Waals surface area contributed by atoms with Gasteiger partial charge in [0.2, 0.25) is 5.88 Å². The zero-order chi connectivity index (χ0) is 28.7. The zero-order valence-electron chi connectivity index (χ0n) is 22.9. The van der Waals surface area contributed by atoms with Crippen molar-refractivity contribution in [2.24, 2.45) is 5.92 Å². The van der Waals surface area contributed by atoms with Crippen molar-refractivity contribution >= 4 is 15.9 Å². The third-order valence-electron chi connectivity index (χ3n) is 6.17. The summed E-state index contributed by atoms with van der Waals surface area (Å²) in [6.07, 6.45) is 3.61. The number of aromatic nitrogens is 2. The van der Waals surface area contributed by atoms with Crippen LogP contribution in [0.1, 0.15) is 57.0 Å². The second-order valence-electron chi connectivity index (χ2n) is 10.1. The van der Waals surface area contributed by atoms with E-state index in [1.807, 2.05) is 18.6 Å². The van der Waals surface area contributed by atoms with Crippen LogP contribution in [0.5, 0.6) is 11.6 Å². The number of nitrogens with zero attached hydrogens (tertiary/aromatic N) is 2. The molecule has 3 heterocycles. The number of amides is 1. The molecule has 2 aromatic heterocycles. The summed E-state index contributed by atoms with van der Waals surface area (Å²) in [6.45, 7) is 6.93. The van der Waals surface area contributed by atoms with E-state index in [9.17, 15) is 17.6 Å². The Hall–Kier alpha value is -3.57. The molecule has 4 rings (SSSR count). The first-order valence-corrected chi connectivity index (χ1v) is 14.8. The van der Waals surface area contributed by atoms with Crippen LogP contribution in [0.2, 0.25) is 0 Å². The van der Waals surface area contributed by atoms with Crippen molar-refractivity contribution in [1.82, 2.24) is 14.7 Å². The molecule has 40 heavy (non-hydrogen) atoms. The number of nitrogens with one attached hydrogen (secondary N) is 1. The largest absolute Gasteiger partial charge is 0.493 e. The van der Waals surface area contributed by atoms with Gasteiger partial charge >= 0.3 is 0 Å². The maximum atomic E-state index is 14.4. The van der Waals surface area contributed by atoms with Crippen molar-refractivity contribution in [1.29, 1.82) is 0 Å². The first-order valence-electron chi connectivity index (χ1n) is 13.3. The number of benzene rings is 1. The molecule has 9 nitrogen and oxygen atoms in total. The van der Waals surface area contributed by atoms with E-state index in [2.05, 4.69) is 9.97 Å². The van der Waals surface area contributed by atoms with Gasteiger partial charge in [0, 0.05) is 31.8 Å². The Balaban J connectivity index is 0.00000462. The molecule has 216 valence electrons. The number of hydrogen-bond acceptors (Lipinski definition) is 8. The fraction of sp³-hybridized carbons (Fsp3) is 0.414. The molecule has 1 atom stereocenters. The summed E-state index contributed by atoms with van der Waals surface area (Å²) in [4.78, 5) is 21.7. The maximum absolute atomic E-state index is 14.4. The minimum atomic E-state index is -4.25. The van der Waals surface area contributed by atoms with Gasteiger partial charge in [-0.1, -0.05) is 19.9 Å². The van der Waals surface area contributed by atoms with Crippen molar-refractivity contribution in [3.8, 4) is 22.9 Å². The van der Waals surface area contributed by atoms with Crippen LogP contribution in [0.25, 0.3) is 11.3 Å². The molecular formula is C29H36FN3O6S. The van der Waals surface area contributed by atoms with Gasteiger partial charge in [-0.3, -0.25) is 4.79 Å². The Bertz CT molecular complexity index is 1450. The van der Waals surface area contributed by atoms with Gasteiger partial charge in [0.05, 0.1) is 25.0 Å². The SMILES string of the molecule is Cc1cccc(S(=O)(=O)NC(=O)c2ccc(-c3cc(F)cc(OCC(C)C)c3)nc2OCCC2CCCCO2)n1.[HH]. The monoisotopic (exact) mass is 573 g/mol. The minimum Gasteiger partial charge on any atom is -0.493 e. The fourth-order valence-electron chi connectivity index (χ4n) is 4.16. The smallest absolute Gasteiger partial charge is 0.281 e. The zero-order valence-corrected chi connectivity index (χ0v) is 23.7. The van der Waals surface area contributed by atoms with E-state index in [0.29, 0.717) is 42.3 Å². The minimum absolute atomic E-state index is 0. The predicted molar refractivity (Wildman–Crippen MR) is 149 cm³/mol. The second kappa shape index (κ2) is 13.2. The number of aryl methyl sites for hydroxylation is 1.